The zero-order chi connectivity index (χ0) is 9.05. The van der Waals surface area contributed by atoms with Gasteiger partial charge in [-0.05, 0) is 66.9 Å². The third kappa shape index (κ3) is 1.03. The molecule has 0 radical (unpaired) electrons. The molecule has 0 bridgehead atoms. The first kappa shape index (κ1) is 8.28. The Hall–Kier alpha value is -0.0400. The molecule has 0 saturated heterocycles. The normalized spacial score (nSPS) is 50.7. The van der Waals surface area contributed by atoms with Crippen molar-refractivity contribution in [1.82, 2.24) is 0 Å². The highest BCUT2D eigenvalue weighted by atomic mass is 35.5. The van der Waals surface area contributed by atoms with Gasteiger partial charge in [0.1, 0.15) is 0 Å². The number of carbonyl (C=O) groups excluding carboxylic acids is 1. The van der Waals surface area contributed by atoms with Crippen molar-refractivity contribution in [3.63, 3.8) is 0 Å². The molecule has 0 aliphatic heterocycles. The van der Waals surface area contributed by atoms with E-state index in [9.17, 15) is 4.79 Å². The van der Waals surface area contributed by atoms with Gasteiger partial charge in [-0.3, -0.25) is 4.79 Å². The van der Waals surface area contributed by atoms with Gasteiger partial charge in [-0.15, -0.1) is 0 Å². The molecule has 13 heavy (non-hydrogen) atoms. The highest BCUT2D eigenvalue weighted by molar-refractivity contribution is 6.63. The maximum absolute atomic E-state index is 10.7. The molecule has 0 heterocycles. The number of carbonyl (C=O) groups is 1. The molecule has 0 aromatic rings. The molecule has 4 atom stereocenters. The lowest BCUT2D eigenvalue weighted by Gasteiger charge is -2.38. The summed E-state index contributed by atoms with van der Waals surface area (Å²) < 4.78 is 0. The highest BCUT2D eigenvalue weighted by Crippen LogP contribution is 2.75. The average molecular weight is 199 g/mol. The third-order valence-electron chi connectivity index (χ3n) is 4.81. The second-order valence-corrected chi connectivity index (χ2v) is 5.59. The van der Waals surface area contributed by atoms with Crippen LogP contribution in [0.1, 0.15) is 38.5 Å². The van der Waals surface area contributed by atoms with Gasteiger partial charge in [-0.25, -0.2) is 0 Å². The maximum Gasteiger partial charge on any atom is 0.221 e. The summed E-state index contributed by atoms with van der Waals surface area (Å²) in [6.45, 7) is 0. The largest absolute Gasteiger partial charge is 0.281 e. The predicted molar refractivity (Wildman–Crippen MR) is 51.5 cm³/mol. The second-order valence-electron chi connectivity index (χ2n) is 5.17. The van der Waals surface area contributed by atoms with E-state index in [1.807, 2.05) is 0 Å². The quantitative estimate of drug-likeness (QED) is 0.638. The summed E-state index contributed by atoms with van der Waals surface area (Å²) in [5.74, 6) is 2.98. The Kier molecular flexibility index (Phi) is 1.59. The van der Waals surface area contributed by atoms with E-state index in [1.165, 1.54) is 25.7 Å². The van der Waals surface area contributed by atoms with E-state index in [4.69, 9.17) is 11.6 Å². The topological polar surface area (TPSA) is 17.1 Å². The number of rotatable bonds is 3. The van der Waals surface area contributed by atoms with Crippen LogP contribution in [0, 0.1) is 23.2 Å². The molecule has 0 N–H and O–H groups in total. The van der Waals surface area contributed by atoms with Gasteiger partial charge in [0.15, 0.2) is 0 Å². The Bertz CT molecular complexity index is 263. The Balaban J connectivity index is 1.67. The van der Waals surface area contributed by atoms with Gasteiger partial charge in [-0.1, -0.05) is 0 Å². The first-order valence-corrected chi connectivity index (χ1v) is 5.78. The molecule has 72 valence electrons. The van der Waals surface area contributed by atoms with E-state index in [1.54, 1.807) is 0 Å². The summed E-state index contributed by atoms with van der Waals surface area (Å²) in [5, 5.41) is -0.136. The van der Waals surface area contributed by atoms with Crippen LogP contribution in [-0.2, 0) is 4.79 Å². The molecular weight excluding hydrogens is 184 g/mol. The van der Waals surface area contributed by atoms with Gasteiger partial charge in [0, 0.05) is 6.42 Å². The van der Waals surface area contributed by atoms with E-state index < -0.39 is 0 Å². The van der Waals surface area contributed by atoms with Crippen molar-refractivity contribution in [3.8, 4) is 0 Å². The van der Waals surface area contributed by atoms with Crippen LogP contribution in [-0.4, -0.2) is 5.24 Å². The lowest BCUT2D eigenvalue weighted by atomic mass is 9.67. The molecule has 1 nitrogen and oxygen atoms in total. The molecule has 3 saturated carbocycles. The maximum atomic E-state index is 10.7. The zero-order valence-corrected chi connectivity index (χ0v) is 8.52. The highest BCUT2D eigenvalue weighted by Gasteiger charge is 2.67. The Labute approximate surface area is 83.8 Å². The molecular formula is C11H15ClO. The van der Waals surface area contributed by atoms with E-state index >= 15 is 0 Å². The van der Waals surface area contributed by atoms with Crippen LogP contribution in [0.4, 0.5) is 0 Å². The summed E-state index contributed by atoms with van der Waals surface area (Å²) in [6, 6.07) is 0. The molecule has 3 rings (SSSR count). The van der Waals surface area contributed by atoms with Gasteiger partial charge in [-0.2, -0.15) is 0 Å². The number of halogens is 1. The van der Waals surface area contributed by atoms with Crippen LogP contribution >= 0.6 is 11.6 Å². The van der Waals surface area contributed by atoms with E-state index in [-0.39, 0.29) is 5.24 Å². The zero-order valence-electron chi connectivity index (χ0n) is 7.76. The van der Waals surface area contributed by atoms with Crippen LogP contribution < -0.4 is 0 Å². The molecule has 3 aliphatic carbocycles. The van der Waals surface area contributed by atoms with Crippen molar-refractivity contribution >= 4 is 16.8 Å². The van der Waals surface area contributed by atoms with E-state index in [2.05, 4.69) is 0 Å². The van der Waals surface area contributed by atoms with E-state index in [0.717, 1.165) is 24.2 Å². The summed E-state index contributed by atoms with van der Waals surface area (Å²) in [5.41, 5.74) is 0.605. The average Bonchev–Trinajstić information content (AvgIpc) is 2.65. The van der Waals surface area contributed by atoms with Crippen molar-refractivity contribution in [2.24, 2.45) is 23.2 Å². The summed E-state index contributed by atoms with van der Waals surface area (Å²) >= 11 is 5.40. The fourth-order valence-electron chi connectivity index (χ4n) is 3.97. The molecule has 4 unspecified atom stereocenters. The Morgan fingerprint density at radius 2 is 2.31 bits per heavy atom. The second kappa shape index (κ2) is 2.50. The van der Waals surface area contributed by atoms with E-state index in [0.29, 0.717) is 11.8 Å². The van der Waals surface area contributed by atoms with Crippen LogP contribution in [0.2, 0.25) is 0 Å². The molecule has 3 fully saturated rings. The molecule has 2 heteroatoms. The minimum Gasteiger partial charge on any atom is -0.281 e. The molecule has 0 aromatic heterocycles. The van der Waals surface area contributed by atoms with Gasteiger partial charge in [0.25, 0.3) is 0 Å². The van der Waals surface area contributed by atoms with Crippen molar-refractivity contribution in [3.05, 3.63) is 0 Å². The predicted octanol–water partition coefficient (Wildman–Crippen LogP) is 2.97. The molecule has 0 spiro atoms. The lowest BCUT2D eigenvalue weighted by molar-refractivity contribution is -0.112. The smallest absolute Gasteiger partial charge is 0.221 e. The first-order valence-electron chi connectivity index (χ1n) is 5.41. The van der Waals surface area contributed by atoms with Crippen molar-refractivity contribution in [1.29, 1.82) is 0 Å². The monoisotopic (exact) mass is 198 g/mol. The minimum absolute atomic E-state index is 0.136. The fraction of sp³-hybridized carbons (Fsp3) is 0.909. The van der Waals surface area contributed by atoms with Crippen molar-refractivity contribution in [2.45, 2.75) is 38.5 Å². The third-order valence-corrected chi connectivity index (χ3v) is 5.00. The summed E-state index contributed by atoms with van der Waals surface area (Å²) in [4.78, 5) is 10.7. The SMILES string of the molecule is O=C(Cl)CCC12CC1CC1CCC12. The van der Waals surface area contributed by atoms with Crippen LogP contribution in [0.15, 0.2) is 0 Å². The summed E-state index contributed by atoms with van der Waals surface area (Å²) in [6.07, 6.45) is 7.44. The van der Waals surface area contributed by atoms with Crippen LogP contribution in [0.3, 0.4) is 0 Å². The number of fused-ring (bicyclic) bond motifs is 3. The van der Waals surface area contributed by atoms with Crippen LogP contribution in [0.5, 0.6) is 0 Å². The van der Waals surface area contributed by atoms with Gasteiger partial charge < -0.3 is 0 Å². The fourth-order valence-corrected chi connectivity index (χ4v) is 4.06. The summed E-state index contributed by atoms with van der Waals surface area (Å²) in [7, 11) is 0. The number of hydrogen-bond donors (Lipinski definition) is 0. The Morgan fingerprint density at radius 3 is 2.85 bits per heavy atom. The number of hydrogen-bond acceptors (Lipinski definition) is 1. The first-order chi connectivity index (χ1) is 6.22. The molecule has 0 aromatic carbocycles. The van der Waals surface area contributed by atoms with Crippen molar-refractivity contribution in [2.75, 3.05) is 0 Å². The van der Waals surface area contributed by atoms with Gasteiger partial charge in [0.2, 0.25) is 5.24 Å². The van der Waals surface area contributed by atoms with Crippen LogP contribution in [0.25, 0.3) is 0 Å². The standard InChI is InChI=1S/C11H15ClO/c12-10(13)3-4-11-6-8(11)5-7-1-2-9(7)11/h7-9H,1-6H2. The minimum atomic E-state index is -0.136. The molecule has 0 amide bonds. The lowest BCUT2D eigenvalue weighted by Crippen LogP contribution is -2.29. The van der Waals surface area contributed by atoms with Gasteiger partial charge >= 0.3 is 0 Å². The van der Waals surface area contributed by atoms with Crippen molar-refractivity contribution < 1.29 is 4.79 Å². The van der Waals surface area contributed by atoms with Gasteiger partial charge in [0.05, 0.1) is 0 Å². The molecule has 3 aliphatic rings. The Morgan fingerprint density at radius 1 is 1.46 bits per heavy atom.